The molecule has 4 rings (SSSR count). The summed E-state index contributed by atoms with van der Waals surface area (Å²) in [5, 5.41) is 0. The molecule has 1 heterocycles. The SMILES string of the molecule is COc1ccccc1OCCCn1c(-c2ccccc2F)nc2ccccc21. The number of imidazole rings is 1. The van der Waals surface area contributed by atoms with Crippen LogP contribution in [0, 0.1) is 5.82 Å². The van der Waals surface area contributed by atoms with Gasteiger partial charge in [-0.25, -0.2) is 9.37 Å². The van der Waals surface area contributed by atoms with Gasteiger partial charge < -0.3 is 14.0 Å². The number of para-hydroxylation sites is 4. The van der Waals surface area contributed by atoms with Gasteiger partial charge >= 0.3 is 0 Å². The Morgan fingerprint density at radius 3 is 2.43 bits per heavy atom. The summed E-state index contributed by atoms with van der Waals surface area (Å²) in [6.45, 7) is 1.18. The molecule has 0 fully saturated rings. The minimum atomic E-state index is -0.274. The van der Waals surface area contributed by atoms with E-state index in [0.29, 0.717) is 30.3 Å². The van der Waals surface area contributed by atoms with Crippen LogP contribution >= 0.6 is 0 Å². The Morgan fingerprint density at radius 1 is 0.893 bits per heavy atom. The first-order chi connectivity index (χ1) is 13.8. The first kappa shape index (κ1) is 18.0. The van der Waals surface area contributed by atoms with Gasteiger partial charge in [0.15, 0.2) is 11.5 Å². The lowest BCUT2D eigenvalue weighted by Crippen LogP contribution is -2.07. The van der Waals surface area contributed by atoms with Gasteiger partial charge in [0.05, 0.1) is 30.3 Å². The number of aromatic nitrogens is 2. The number of hydrogen-bond donors (Lipinski definition) is 0. The molecule has 0 aliphatic carbocycles. The van der Waals surface area contributed by atoms with Crippen molar-refractivity contribution in [2.75, 3.05) is 13.7 Å². The molecule has 28 heavy (non-hydrogen) atoms. The standard InChI is InChI=1S/C23H21FN2O2/c1-27-21-13-6-7-14-22(21)28-16-8-15-26-20-12-5-4-11-19(20)25-23(26)17-9-2-3-10-18(17)24/h2-7,9-14H,8,15-16H2,1H3. The van der Waals surface area contributed by atoms with Crippen molar-refractivity contribution in [2.24, 2.45) is 0 Å². The Kier molecular flexibility index (Phi) is 5.24. The highest BCUT2D eigenvalue weighted by Crippen LogP contribution is 2.28. The Balaban J connectivity index is 1.56. The summed E-state index contributed by atoms with van der Waals surface area (Å²) in [4.78, 5) is 4.67. The normalized spacial score (nSPS) is 10.9. The number of rotatable bonds is 7. The molecule has 0 amide bonds. The Morgan fingerprint density at radius 2 is 1.61 bits per heavy atom. The molecule has 3 aromatic carbocycles. The zero-order chi connectivity index (χ0) is 19.3. The van der Waals surface area contributed by atoms with Crippen molar-refractivity contribution in [3.8, 4) is 22.9 Å². The molecule has 0 aliphatic heterocycles. The number of hydrogen-bond acceptors (Lipinski definition) is 3. The minimum absolute atomic E-state index is 0.274. The highest BCUT2D eigenvalue weighted by molar-refractivity contribution is 5.80. The minimum Gasteiger partial charge on any atom is -0.493 e. The Labute approximate surface area is 163 Å². The number of fused-ring (bicyclic) bond motifs is 1. The van der Waals surface area contributed by atoms with Crippen LogP contribution in [0.2, 0.25) is 0 Å². The van der Waals surface area contributed by atoms with Crippen LogP contribution < -0.4 is 9.47 Å². The second-order valence-corrected chi connectivity index (χ2v) is 6.41. The van der Waals surface area contributed by atoms with Gasteiger partial charge in [-0.15, -0.1) is 0 Å². The summed E-state index contributed by atoms with van der Waals surface area (Å²) in [7, 11) is 1.63. The first-order valence-electron chi connectivity index (χ1n) is 9.24. The van der Waals surface area contributed by atoms with E-state index >= 15 is 0 Å². The van der Waals surface area contributed by atoms with E-state index in [0.717, 1.165) is 23.2 Å². The maximum atomic E-state index is 14.4. The van der Waals surface area contributed by atoms with Crippen molar-refractivity contribution >= 4 is 11.0 Å². The topological polar surface area (TPSA) is 36.3 Å². The van der Waals surface area contributed by atoms with Gasteiger partial charge in [-0.3, -0.25) is 0 Å². The lowest BCUT2D eigenvalue weighted by Gasteiger charge is -2.12. The van der Waals surface area contributed by atoms with E-state index in [4.69, 9.17) is 9.47 Å². The highest BCUT2D eigenvalue weighted by atomic mass is 19.1. The molecule has 0 bridgehead atoms. The summed E-state index contributed by atoms with van der Waals surface area (Å²) in [6, 6.07) is 22.2. The molecule has 0 N–H and O–H groups in total. The molecule has 0 atom stereocenters. The Hall–Kier alpha value is -3.34. The molecule has 0 spiro atoms. The molecule has 0 radical (unpaired) electrons. The van der Waals surface area contributed by atoms with E-state index in [1.807, 2.05) is 54.6 Å². The van der Waals surface area contributed by atoms with E-state index in [1.165, 1.54) is 6.07 Å². The summed E-state index contributed by atoms with van der Waals surface area (Å²) in [5.41, 5.74) is 2.34. The molecule has 0 unspecified atom stereocenters. The lowest BCUT2D eigenvalue weighted by molar-refractivity contribution is 0.283. The second-order valence-electron chi connectivity index (χ2n) is 6.41. The first-order valence-corrected chi connectivity index (χ1v) is 9.24. The predicted octanol–water partition coefficient (Wildman–Crippen LogP) is 5.32. The Bertz CT molecular complexity index is 1090. The monoisotopic (exact) mass is 376 g/mol. The van der Waals surface area contributed by atoms with E-state index in [1.54, 1.807) is 19.2 Å². The largest absolute Gasteiger partial charge is 0.493 e. The fourth-order valence-corrected chi connectivity index (χ4v) is 3.29. The van der Waals surface area contributed by atoms with Gasteiger partial charge in [0, 0.05) is 6.54 Å². The molecule has 5 heteroatoms. The van der Waals surface area contributed by atoms with Crippen LogP contribution in [0.25, 0.3) is 22.4 Å². The summed E-state index contributed by atoms with van der Waals surface area (Å²) in [6.07, 6.45) is 0.750. The number of methoxy groups -OCH3 is 1. The summed E-state index contributed by atoms with van der Waals surface area (Å²) < 4.78 is 27.6. The maximum absolute atomic E-state index is 14.4. The summed E-state index contributed by atoms with van der Waals surface area (Å²) in [5.74, 6) is 1.79. The lowest BCUT2D eigenvalue weighted by atomic mass is 10.2. The van der Waals surface area contributed by atoms with E-state index < -0.39 is 0 Å². The molecular weight excluding hydrogens is 355 g/mol. The quantitative estimate of drug-likeness (QED) is 0.410. The van der Waals surface area contributed by atoms with Crippen LogP contribution in [0.15, 0.2) is 72.8 Å². The van der Waals surface area contributed by atoms with Crippen molar-refractivity contribution in [1.29, 1.82) is 0 Å². The molecule has 0 saturated heterocycles. The highest BCUT2D eigenvalue weighted by Gasteiger charge is 2.15. The van der Waals surface area contributed by atoms with Gasteiger partial charge in [-0.05, 0) is 42.8 Å². The van der Waals surface area contributed by atoms with Gasteiger partial charge in [-0.1, -0.05) is 36.4 Å². The average Bonchev–Trinajstić information content (AvgIpc) is 3.10. The third-order valence-corrected chi connectivity index (χ3v) is 4.62. The average molecular weight is 376 g/mol. The number of nitrogens with zero attached hydrogens (tertiary/aromatic N) is 2. The van der Waals surface area contributed by atoms with Crippen LogP contribution in [0.4, 0.5) is 4.39 Å². The number of halogens is 1. The van der Waals surface area contributed by atoms with Gasteiger partial charge in [0.1, 0.15) is 11.6 Å². The third-order valence-electron chi connectivity index (χ3n) is 4.62. The van der Waals surface area contributed by atoms with Crippen LogP contribution in [0.3, 0.4) is 0 Å². The van der Waals surface area contributed by atoms with Crippen molar-refractivity contribution in [1.82, 2.24) is 9.55 Å². The molecule has 4 nitrogen and oxygen atoms in total. The van der Waals surface area contributed by atoms with E-state index in [-0.39, 0.29) is 5.82 Å². The smallest absolute Gasteiger partial charge is 0.161 e. The molecule has 0 aliphatic rings. The van der Waals surface area contributed by atoms with Crippen molar-refractivity contribution in [2.45, 2.75) is 13.0 Å². The van der Waals surface area contributed by atoms with E-state index in [2.05, 4.69) is 9.55 Å². The van der Waals surface area contributed by atoms with Crippen molar-refractivity contribution in [3.63, 3.8) is 0 Å². The predicted molar refractivity (Wildman–Crippen MR) is 108 cm³/mol. The van der Waals surface area contributed by atoms with Gasteiger partial charge in [0.25, 0.3) is 0 Å². The molecular formula is C23H21FN2O2. The van der Waals surface area contributed by atoms with Gasteiger partial charge in [-0.2, -0.15) is 0 Å². The third kappa shape index (κ3) is 3.56. The number of ether oxygens (including phenoxy) is 2. The van der Waals surface area contributed by atoms with E-state index in [9.17, 15) is 4.39 Å². The number of aryl methyl sites for hydroxylation is 1. The van der Waals surface area contributed by atoms with Crippen LogP contribution in [-0.4, -0.2) is 23.3 Å². The van der Waals surface area contributed by atoms with Crippen molar-refractivity contribution < 1.29 is 13.9 Å². The zero-order valence-electron chi connectivity index (χ0n) is 15.6. The molecule has 0 saturated carbocycles. The number of benzene rings is 3. The molecule has 1 aromatic heterocycles. The molecule has 4 aromatic rings. The van der Waals surface area contributed by atoms with Crippen LogP contribution in [-0.2, 0) is 6.54 Å². The molecule has 142 valence electrons. The van der Waals surface area contributed by atoms with Crippen molar-refractivity contribution in [3.05, 3.63) is 78.6 Å². The zero-order valence-corrected chi connectivity index (χ0v) is 15.6. The fraction of sp³-hybridized carbons (Fsp3) is 0.174. The second kappa shape index (κ2) is 8.13. The maximum Gasteiger partial charge on any atom is 0.161 e. The van der Waals surface area contributed by atoms with Gasteiger partial charge in [0.2, 0.25) is 0 Å². The van der Waals surface area contributed by atoms with Crippen LogP contribution in [0.5, 0.6) is 11.5 Å². The summed E-state index contributed by atoms with van der Waals surface area (Å²) >= 11 is 0. The van der Waals surface area contributed by atoms with Crippen LogP contribution in [0.1, 0.15) is 6.42 Å². The fourth-order valence-electron chi connectivity index (χ4n) is 3.29.